The monoisotopic (exact) mass is 281 g/mol. The van der Waals surface area contributed by atoms with Crippen molar-refractivity contribution in [2.45, 2.75) is 20.3 Å². The maximum Gasteiger partial charge on any atom is 0.224 e. The highest BCUT2D eigenvalue weighted by Gasteiger charge is 2.08. The van der Waals surface area contributed by atoms with E-state index >= 15 is 0 Å². The van der Waals surface area contributed by atoms with Crippen LogP contribution in [0.5, 0.6) is 0 Å². The molecule has 1 aromatic heterocycles. The van der Waals surface area contributed by atoms with E-state index in [-0.39, 0.29) is 5.91 Å². The van der Waals surface area contributed by atoms with Crippen molar-refractivity contribution in [2.75, 3.05) is 5.32 Å². The quantitative estimate of drug-likeness (QED) is 0.931. The zero-order valence-corrected chi connectivity index (χ0v) is 12.6. The molecule has 1 N–H and O–H groups in total. The minimum Gasteiger partial charge on any atom is -0.335 e. The number of hydrogen-bond acceptors (Lipinski definition) is 2. The summed E-state index contributed by atoms with van der Waals surface area (Å²) in [5.41, 5.74) is 3.41. The number of carbonyl (C=O) groups excluding carboxylic acids is 1. The molecular formula is C17H19N3O. The fraction of sp³-hybridized carbons (Fsp3) is 0.294. The number of benzene rings is 1. The summed E-state index contributed by atoms with van der Waals surface area (Å²) in [6, 6.07) is 13.5. The van der Waals surface area contributed by atoms with Crippen molar-refractivity contribution in [1.29, 1.82) is 5.26 Å². The second-order valence-electron chi connectivity index (χ2n) is 5.50. The zero-order valence-electron chi connectivity index (χ0n) is 12.6. The summed E-state index contributed by atoms with van der Waals surface area (Å²) in [6.07, 6.45) is 0.519. The average Bonchev–Trinajstić information content (AvgIpc) is 2.80. The number of carbonyl (C=O) groups is 1. The Balaban J connectivity index is 2.14. The maximum absolute atomic E-state index is 11.7. The van der Waals surface area contributed by atoms with E-state index < -0.39 is 0 Å². The first-order chi connectivity index (χ1) is 10.0. The summed E-state index contributed by atoms with van der Waals surface area (Å²) in [6.45, 7) is 4.04. The van der Waals surface area contributed by atoms with Gasteiger partial charge in [-0.25, -0.2) is 0 Å². The van der Waals surface area contributed by atoms with Gasteiger partial charge in [0.25, 0.3) is 0 Å². The largest absolute Gasteiger partial charge is 0.335 e. The molecular weight excluding hydrogens is 262 g/mol. The van der Waals surface area contributed by atoms with Crippen LogP contribution in [0.2, 0.25) is 0 Å². The fourth-order valence-electron chi connectivity index (χ4n) is 2.22. The number of nitriles is 1. The van der Waals surface area contributed by atoms with Crippen molar-refractivity contribution >= 4 is 11.6 Å². The Kier molecular flexibility index (Phi) is 4.44. The maximum atomic E-state index is 11.7. The smallest absolute Gasteiger partial charge is 0.224 e. The molecule has 0 fully saturated rings. The highest BCUT2D eigenvalue weighted by Crippen LogP contribution is 2.23. The predicted octanol–water partition coefficient (Wildman–Crippen LogP) is 3.55. The van der Waals surface area contributed by atoms with Crippen LogP contribution in [0, 0.1) is 17.2 Å². The summed E-state index contributed by atoms with van der Waals surface area (Å²) < 4.78 is 1.85. The van der Waals surface area contributed by atoms with Gasteiger partial charge in [0, 0.05) is 24.8 Å². The van der Waals surface area contributed by atoms with Crippen LogP contribution in [0.15, 0.2) is 36.4 Å². The molecule has 0 unspecified atom stereocenters. The van der Waals surface area contributed by atoms with Crippen LogP contribution in [0.4, 0.5) is 5.69 Å². The summed E-state index contributed by atoms with van der Waals surface area (Å²) in [5, 5.41) is 11.9. The van der Waals surface area contributed by atoms with Crippen molar-refractivity contribution in [3.8, 4) is 17.3 Å². The highest BCUT2D eigenvalue weighted by atomic mass is 16.1. The molecule has 0 radical (unpaired) electrons. The van der Waals surface area contributed by atoms with Gasteiger partial charge in [0.2, 0.25) is 5.91 Å². The minimum atomic E-state index is 0.0309. The molecule has 2 aromatic rings. The standard InChI is InChI=1S/C17H19N3O/c1-12(2)10-17(21)19-14-6-4-13(5-7-14)16-9-8-15(11-18)20(16)3/h4-9,12H,10H2,1-3H3,(H,19,21). The van der Waals surface area contributed by atoms with Crippen molar-refractivity contribution in [3.63, 3.8) is 0 Å². The highest BCUT2D eigenvalue weighted by molar-refractivity contribution is 5.91. The summed E-state index contributed by atoms with van der Waals surface area (Å²) in [7, 11) is 1.87. The third kappa shape index (κ3) is 3.51. The number of aromatic nitrogens is 1. The van der Waals surface area contributed by atoms with Crippen molar-refractivity contribution < 1.29 is 4.79 Å². The number of nitrogens with one attached hydrogen (secondary N) is 1. The van der Waals surface area contributed by atoms with E-state index in [1.807, 2.05) is 55.8 Å². The second-order valence-corrected chi connectivity index (χ2v) is 5.50. The molecule has 0 saturated heterocycles. The van der Waals surface area contributed by atoms with E-state index in [1.54, 1.807) is 6.07 Å². The van der Waals surface area contributed by atoms with E-state index in [0.717, 1.165) is 16.9 Å². The predicted molar refractivity (Wildman–Crippen MR) is 83.6 cm³/mol. The average molecular weight is 281 g/mol. The molecule has 0 atom stereocenters. The van der Waals surface area contributed by atoms with Crippen LogP contribution in [0.25, 0.3) is 11.3 Å². The molecule has 1 aromatic carbocycles. The van der Waals surface area contributed by atoms with Crippen LogP contribution >= 0.6 is 0 Å². The van der Waals surface area contributed by atoms with Crippen LogP contribution in [0.3, 0.4) is 0 Å². The summed E-state index contributed by atoms with van der Waals surface area (Å²) in [4.78, 5) is 11.7. The first-order valence-corrected chi connectivity index (χ1v) is 6.97. The number of amides is 1. The molecule has 4 nitrogen and oxygen atoms in total. The molecule has 21 heavy (non-hydrogen) atoms. The molecule has 1 amide bonds. The SMILES string of the molecule is CC(C)CC(=O)Nc1ccc(-c2ccc(C#N)n2C)cc1. The van der Waals surface area contributed by atoms with Gasteiger partial charge in [0.05, 0.1) is 0 Å². The Hall–Kier alpha value is -2.54. The Morgan fingerprint density at radius 2 is 1.90 bits per heavy atom. The third-order valence-corrected chi connectivity index (χ3v) is 3.29. The van der Waals surface area contributed by atoms with Gasteiger partial charge >= 0.3 is 0 Å². The lowest BCUT2D eigenvalue weighted by Gasteiger charge is -2.09. The summed E-state index contributed by atoms with van der Waals surface area (Å²) >= 11 is 0. The van der Waals surface area contributed by atoms with E-state index in [1.165, 1.54) is 0 Å². The molecule has 0 saturated carbocycles. The van der Waals surface area contributed by atoms with Gasteiger partial charge in [0.1, 0.15) is 11.8 Å². The van der Waals surface area contributed by atoms with Crippen molar-refractivity contribution in [1.82, 2.24) is 4.57 Å². The Morgan fingerprint density at radius 1 is 1.24 bits per heavy atom. The van der Waals surface area contributed by atoms with Gasteiger partial charge in [-0.3, -0.25) is 4.79 Å². The molecule has 0 spiro atoms. The number of rotatable bonds is 4. The van der Waals surface area contributed by atoms with Crippen molar-refractivity contribution in [2.24, 2.45) is 13.0 Å². The van der Waals surface area contributed by atoms with Crippen LogP contribution in [-0.2, 0) is 11.8 Å². The van der Waals surface area contributed by atoms with E-state index in [2.05, 4.69) is 11.4 Å². The van der Waals surface area contributed by atoms with Gasteiger partial charge < -0.3 is 9.88 Å². The van der Waals surface area contributed by atoms with E-state index in [0.29, 0.717) is 18.0 Å². The van der Waals surface area contributed by atoms with Gasteiger partial charge in [-0.15, -0.1) is 0 Å². The molecule has 0 aliphatic carbocycles. The van der Waals surface area contributed by atoms with Crippen molar-refractivity contribution in [3.05, 3.63) is 42.1 Å². The first kappa shape index (κ1) is 14.9. The fourth-order valence-corrected chi connectivity index (χ4v) is 2.22. The number of nitrogens with zero attached hydrogens (tertiary/aromatic N) is 2. The van der Waals surface area contributed by atoms with Gasteiger partial charge in [-0.05, 0) is 35.7 Å². The van der Waals surface area contributed by atoms with Crippen LogP contribution < -0.4 is 5.32 Å². The first-order valence-electron chi connectivity index (χ1n) is 6.97. The number of hydrogen-bond donors (Lipinski definition) is 1. The normalized spacial score (nSPS) is 10.4. The zero-order chi connectivity index (χ0) is 15.4. The van der Waals surface area contributed by atoms with Gasteiger partial charge in [-0.1, -0.05) is 26.0 Å². The topological polar surface area (TPSA) is 57.8 Å². The molecule has 0 bridgehead atoms. The Labute approximate surface area is 125 Å². The van der Waals surface area contributed by atoms with Crippen LogP contribution in [-0.4, -0.2) is 10.5 Å². The van der Waals surface area contributed by atoms with Gasteiger partial charge in [0.15, 0.2) is 0 Å². The molecule has 108 valence electrons. The molecule has 0 aliphatic heterocycles. The molecule has 2 rings (SSSR count). The van der Waals surface area contributed by atoms with E-state index in [9.17, 15) is 4.79 Å². The number of anilines is 1. The van der Waals surface area contributed by atoms with Crippen LogP contribution in [0.1, 0.15) is 26.0 Å². The molecule has 0 aliphatic rings. The Morgan fingerprint density at radius 3 is 2.43 bits per heavy atom. The lowest BCUT2D eigenvalue weighted by atomic mass is 10.1. The Bertz CT molecular complexity index is 675. The van der Waals surface area contributed by atoms with Gasteiger partial charge in [-0.2, -0.15) is 5.26 Å². The summed E-state index contributed by atoms with van der Waals surface area (Å²) in [5.74, 6) is 0.375. The molecule has 1 heterocycles. The lowest BCUT2D eigenvalue weighted by molar-refractivity contribution is -0.116. The minimum absolute atomic E-state index is 0.0309. The third-order valence-electron chi connectivity index (χ3n) is 3.29. The lowest BCUT2D eigenvalue weighted by Crippen LogP contribution is -2.13. The second kappa shape index (κ2) is 6.27. The molecule has 4 heteroatoms. The van der Waals surface area contributed by atoms with E-state index in [4.69, 9.17) is 5.26 Å².